The standard InChI is InChI=1S/C22H25NO2/c1-4-9-18-20(10-5-2)23(16-11-7-6-8-12-16)21-14-13-17(25-3)15-19(21)22(18)24/h6-8,11-15H,4-5,9-10H2,1-3H3. The van der Waals surface area contributed by atoms with Gasteiger partial charge < -0.3 is 9.30 Å². The molecule has 0 amide bonds. The first-order valence-corrected chi connectivity index (χ1v) is 9.01. The zero-order chi connectivity index (χ0) is 17.8. The molecule has 0 N–H and O–H groups in total. The van der Waals surface area contributed by atoms with E-state index in [1.54, 1.807) is 7.11 Å². The van der Waals surface area contributed by atoms with Crippen LogP contribution < -0.4 is 10.2 Å². The van der Waals surface area contributed by atoms with Crippen LogP contribution >= 0.6 is 0 Å². The molecule has 0 radical (unpaired) electrons. The molecule has 2 aromatic carbocycles. The fourth-order valence-electron chi connectivity index (χ4n) is 3.47. The van der Waals surface area contributed by atoms with Crippen molar-refractivity contribution in [2.45, 2.75) is 39.5 Å². The van der Waals surface area contributed by atoms with Crippen molar-refractivity contribution in [1.29, 1.82) is 0 Å². The van der Waals surface area contributed by atoms with Crippen LogP contribution in [0.5, 0.6) is 5.75 Å². The number of hydrogen-bond donors (Lipinski definition) is 0. The van der Waals surface area contributed by atoms with Crippen LogP contribution in [0, 0.1) is 0 Å². The molecule has 0 unspecified atom stereocenters. The number of rotatable bonds is 6. The molecule has 1 heterocycles. The Bertz CT molecular complexity index is 926. The molecular weight excluding hydrogens is 310 g/mol. The van der Waals surface area contributed by atoms with Gasteiger partial charge in [-0.15, -0.1) is 0 Å². The summed E-state index contributed by atoms with van der Waals surface area (Å²) in [6, 6.07) is 16.1. The maximum absolute atomic E-state index is 13.2. The van der Waals surface area contributed by atoms with E-state index in [0.717, 1.165) is 59.3 Å². The lowest BCUT2D eigenvalue weighted by Gasteiger charge is -2.21. The molecule has 0 saturated heterocycles. The predicted molar refractivity (Wildman–Crippen MR) is 104 cm³/mol. The molecule has 25 heavy (non-hydrogen) atoms. The first-order valence-electron chi connectivity index (χ1n) is 9.01. The molecule has 0 aliphatic rings. The summed E-state index contributed by atoms with van der Waals surface area (Å²) in [5.41, 5.74) is 4.26. The van der Waals surface area contributed by atoms with Crippen molar-refractivity contribution in [2.75, 3.05) is 7.11 Å². The minimum atomic E-state index is 0.145. The highest BCUT2D eigenvalue weighted by Crippen LogP contribution is 2.26. The van der Waals surface area contributed by atoms with Crippen molar-refractivity contribution in [2.24, 2.45) is 0 Å². The number of para-hydroxylation sites is 1. The summed E-state index contributed by atoms with van der Waals surface area (Å²) in [5, 5.41) is 0.728. The van der Waals surface area contributed by atoms with Gasteiger partial charge in [0.25, 0.3) is 0 Å². The average Bonchev–Trinajstić information content (AvgIpc) is 2.65. The van der Waals surface area contributed by atoms with Crippen LogP contribution in [0.2, 0.25) is 0 Å². The number of pyridine rings is 1. The van der Waals surface area contributed by atoms with Gasteiger partial charge in [0.1, 0.15) is 5.75 Å². The molecule has 0 bridgehead atoms. The Hall–Kier alpha value is -2.55. The Labute approximate surface area is 148 Å². The zero-order valence-corrected chi connectivity index (χ0v) is 15.2. The molecule has 0 aliphatic carbocycles. The van der Waals surface area contributed by atoms with E-state index in [-0.39, 0.29) is 5.43 Å². The summed E-state index contributed by atoms with van der Waals surface area (Å²) >= 11 is 0. The van der Waals surface area contributed by atoms with E-state index in [4.69, 9.17) is 4.74 Å². The topological polar surface area (TPSA) is 31.2 Å². The summed E-state index contributed by atoms with van der Waals surface area (Å²) in [6.07, 6.45) is 3.65. The first kappa shape index (κ1) is 17.3. The number of benzene rings is 2. The van der Waals surface area contributed by atoms with Gasteiger partial charge in [0.05, 0.1) is 12.6 Å². The van der Waals surface area contributed by atoms with Crippen molar-refractivity contribution in [3.8, 4) is 11.4 Å². The van der Waals surface area contributed by atoms with Crippen LogP contribution in [0.25, 0.3) is 16.6 Å². The monoisotopic (exact) mass is 335 g/mol. The normalized spacial score (nSPS) is 11.0. The van der Waals surface area contributed by atoms with Crippen LogP contribution in [0.4, 0.5) is 0 Å². The van der Waals surface area contributed by atoms with Gasteiger partial charge in [-0.25, -0.2) is 0 Å². The number of fused-ring (bicyclic) bond motifs is 1. The Morgan fingerprint density at radius 1 is 0.960 bits per heavy atom. The van der Waals surface area contributed by atoms with Crippen LogP contribution in [0.15, 0.2) is 53.3 Å². The molecule has 1 aromatic heterocycles. The van der Waals surface area contributed by atoms with Gasteiger partial charge in [-0.1, -0.05) is 44.9 Å². The van der Waals surface area contributed by atoms with Crippen molar-refractivity contribution >= 4 is 10.9 Å². The second kappa shape index (κ2) is 7.56. The fraction of sp³-hybridized carbons (Fsp3) is 0.318. The lowest BCUT2D eigenvalue weighted by Crippen LogP contribution is -2.20. The van der Waals surface area contributed by atoms with Crippen LogP contribution in [-0.2, 0) is 12.8 Å². The number of hydrogen-bond acceptors (Lipinski definition) is 2. The summed E-state index contributed by atoms with van der Waals surface area (Å²) in [5.74, 6) is 0.718. The quantitative estimate of drug-likeness (QED) is 0.641. The molecule has 0 spiro atoms. The van der Waals surface area contributed by atoms with E-state index in [9.17, 15) is 4.79 Å². The largest absolute Gasteiger partial charge is 0.497 e. The van der Waals surface area contributed by atoms with Gasteiger partial charge in [-0.05, 0) is 43.2 Å². The van der Waals surface area contributed by atoms with Gasteiger partial charge in [0.15, 0.2) is 5.43 Å². The molecule has 3 heteroatoms. The van der Waals surface area contributed by atoms with Gasteiger partial charge in [-0.3, -0.25) is 4.79 Å². The molecule has 0 aliphatic heterocycles. The van der Waals surface area contributed by atoms with Crippen molar-refractivity contribution in [3.63, 3.8) is 0 Å². The summed E-state index contributed by atoms with van der Waals surface area (Å²) in [7, 11) is 1.63. The lowest BCUT2D eigenvalue weighted by atomic mass is 10.00. The first-order chi connectivity index (χ1) is 12.2. The van der Waals surface area contributed by atoms with E-state index in [1.165, 1.54) is 0 Å². The number of nitrogens with zero attached hydrogens (tertiary/aromatic N) is 1. The molecule has 0 atom stereocenters. The maximum Gasteiger partial charge on any atom is 0.193 e. The lowest BCUT2D eigenvalue weighted by molar-refractivity contribution is 0.415. The third-order valence-corrected chi connectivity index (χ3v) is 4.58. The molecular formula is C22H25NO2. The fourth-order valence-corrected chi connectivity index (χ4v) is 3.47. The van der Waals surface area contributed by atoms with Crippen LogP contribution in [-0.4, -0.2) is 11.7 Å². The summed E-state index contributed by atoms with van der Waals surface area (Å²) < 4.78 is 7.61. The van der Waals surface area contributed by atoms with E-state index in [0.29, 0.717) is 0 Å². The van der Waals surface area contributed by atoms with E-state index >= 15 is 0 Å². The van der Waals surface area contributed by atoms with E-state index < -0.39 is 0 Å². The smallest absolute Gasteiger partial charge is 0.193 e. The summed E-state index contributed by atoms with van der Waals surface area (Å²) in [4.78, 5) is 13.2. The highest BCUT2D eigenvalue weighted by Gasteiger charge is 2.17. The predicted octanol–water partition coefficient (Wildman–Crippen LogP) is 4.90. The van der Waals surface area contributed by atoms with Gasteiger partial charge in [0, 0.05) is 22.3 Å². The maximum atomic E-state index is 13.2. The van der Waals surface area contributed by atoms with Crippen LogP contribution in [0.3, 0.4) is 0 Å². The SMILES string of the molecule is CCCc1c(CCC)n(-c2ccccc2)c2ccc(OC)cc2c1=O. The van der Waals surface area contributed by atoms with Crippen LogP contribution in [0.1, 0.15) is 37.9 Å². The highest BCUT2D eigenvalue weighted by molar-refractivity contribution is 5.83. The molecule has 130 valence electrons. The molecule has 3 nitrogen and oxygen atoms in total. The second-order valence-electron chi connectivity index (χ2n) is 6.31. The number of methoxy groups -OCH3 is 1. The number of ether oxygens (including phenoxy) is 1. The van der Waals surface area contributed by atoms with Gasteiger partial charge in [0.2, 0.25) is 0 Å². The van der Waals surface area contributed by atoms with Gasteiger partial charge in [-0.2, -0.15) is 0 Å². The minimum absolute atomic E-state index is 0.145. The minimum Gasteiger partial charge on any atom is -0.497 e. The van der Waals surface area contributed by atoms with Crippen molar-refractivity contribution in [3.05, 3.63) is 70.0 Å². The third kappa shape index (κ3) is 3.19. The zero-order valence-electron chi connectivity index (χ0n) is 15.2. The summed E-state index contributed by atoms with van der Waals surface area (Å²) in [6.45, 7) is 4.28. The van der Waals surface area contributed by atoms with Crippen molar-refractivity contribution < 1.29 is 4.74 Å². The third-order valence-electron chi connectivity index (χ3n) is 4.58. The highest BCUT2D eigenvalue weighted by atomic mass is 16.5. The number of aromatic nitrogens is 1. The molecule has 0 saturated carbocycles. The Kier molecular flexibility index (Phi) is 5.22. The molecule has 3 rings (SSSR count). The Morgan fingerprint density at radius 3 is 2.32 bits per heavy atom. The Morgan fingerprint density at radius 2 is 1.68 bits per heavy atom. The van der Waals surface area contributed by atoms with Crippen molar-refractivity contribution in [1.82, 2.24) is 4.57 Å². The Balaban J connectivity index is 2.46. The molecule has 0 fully saturated rings. The van der Waals surface area contributed by atoms with E-state index in [2.05, 4.69) is 30.5 Å². The second-order valence-corrected chi connectivity index (χ2v) is 6.31. The van der Waals surface area contributed by atoms with E-state index in [1.807, 2.05) is 36.4 Å². The average molecular weight is 335 g/mol. The molecule has 3 aromatic rings. The van der Waals surface area contributed by atoms with Gasteiger partial charge >= 0.3 is 0 Å².